The van der Waals surface area contributed by atoms with Crippen molar-refractivity contribution in [2.24, 2.45) is 4.99 Å². The molecule has 0 fully saturated rings. The maximum absolute atomic E-state index is 10.3. The molecule has 1 unspecified atom stereocenters. The second kappa shape index (κ2) is 5.36. The van der Waals surface area contributed by atoms with E-state index in [4.69, 9.17) is 0 Å². The first-order valence-electron chi connectivity index (χ1n) is 7.31. The van der Waals surface area contributed by atoms with Gasteiger partial charge in [0.05, 0.1) is 5.52 Å². The number of benzene rings is 1. The van der Waals surface area contributed by atoms with E-state index >= 15 is 0 Å². The molecule has 0 amide bonds. The van der Waals surface area contributed by atoms with E-state index in [1.54, 1.807) is 36.7 Å². The SMILES string of the molecule is Oc1ccc2c3n(c(=NC(O)c4cccnc4)nc2c1)CCN3. The van der Waals surface area contributed by atoms with E-state index in [0.717, 1.165) is 24.3 Å². The highest BCUT2D eigenvalue weighted by atomic mass is 16.3. The van der Waals surface area contributed by atoms with Crippen LogP contribution in [0.2, 0.25) is 0 Å². The molecule has 3 heterocycles. The largest absolute Gasteiger partial charge is 0.508 e. The number of fused-ring (bicyclic) bond motifs is 3. The van der Waals surface area contributed by atoms with Crippen LogP contribution in [0.15, 0.2) is 47.7 Å². The van der Waals surface area contributed by atoms with Crippen molar-refractivity contribution >= 4 is 16.7 Å². The molecule has 7 nitrogen and oxygen atoms in total. The Balaban J connectivity index is 1.91. The third-order valence-electron chi connectivity index (χ3n) is 3.82. The van der Waals surface area contributed by atoms with Gasteiger partial charge in [-0.3, -0.25) is 9.55 Å². The monoisotopic (exact) mass is 309 g/mol. The Bertz CT molecular complexity index is 936. The predicted molar refractivity (Wildman–Crippen MR) is 84.6 cm³/mol. The summed E-state index contributed by atoms with van der Waals surface area (Å²) >= 11 is 0. The number of aliphatic hydroxyl groups excluding tert-OH is 1. The minimum Gasteiger partial charge on any atom is -0.508 e. The number of hydrogen-bond acceptors (Lipinski definition) is 6. The van der Waals surface area contributed by atoms with E-state index in [1.807, 2.05) is 10.6 Å². The van der Waals surface area contributed by atoms with Gasteiger partial charge in [-0.2, -0.15) is 0 Å². The minimum atomic E-state index is -1.04. The molecule has 1 aliphatic heterocycles. The van der Waals surface area contributed by atoms with Crippen LogP contribution in [0.25, 0.3) is 10.9 Å². The Hall–Kier alpha value is -2.93. The molecule has 0 aliphatic carbocycles. The molecule has 3 aromatic rings. The van der Waals surface area contributed by atoms with Crippen LogP contribution in [-0.4, -0.2) is 31.3 Å². The lowest BCUT2D eigenvalue weighted by atomic mass is 10.2. The number of aromatic nitrogens is 3. The fourth-order valence-electron chi connectivity index (χ4n) is 2.73. The first-order valence-corrected chi connectivity index (χ1v) is 7.31. The summed E-state index contributed by atoms with van der Waals surface area (Å²) < 4.78 is 1.93. The Morgan fingerprint density at radius 1 is 1.30 bits per heavy atom. The summed E-state index contributed by atoms with van der Waals surface area (Å²) in [7, 11) is 0. The Morgan fingerprint density at radius 3 is 3.04 bits per heavy atom. The smallest absolute Gasteiger partial charge is 0.229 e. The number of pyridine rings is 1. The van der Waals surface area contributed by atoms with Gasteiger partial charge in [0.25, 0.3) is 0 Å². The van der Waals surface area contributed by atoms with Crippen molar-refractivity contribution in [3.05, 3.63) is 53.9 Å². The van der Waals surface area contributed by atoms with E-state index in [-0.39, 0.29) is 5.75 Å². The van der Waals surface area contributed by atoms with Crippen molar-refractivity contribution in [3.8, 4) is 5.75 Å². The lowest BCUT2D eigenvalue weighted by Gasteiger charge is -2.10. The van der Waals surface area contributed by atoms with Crippen LogP contribution in [0.1, 0.15) is 11.8 Å². The van der Waals surface area contributed by atoms with Gasteiger partial charge in [-0.25, -0.2) is 9.98 Å². The van der Waals surface area contributed by atoms with Gasteiger partial charge in [0, 0.05) is 42.5 Å². The number of nitrogens with zero attached hydrogens (tertiary/aromatic N) is 4. The number of aromatic hydroxyl groups is 1. The number of phenols is 1. The Labute approximate surface area is 131 Å². The van der Waals surface area contributed by atoms with Crippen LogP contribution >= 0.6 is 0 Å². The van der Waals surface area contributed by atoms with Crippen LogP contribution in [0.4, 0.5) is 5.82 Å². The molecule has 0 bridgehead atoms. The van der Waals surface area contributed by atoms with Crippen LogP contribution in [0.5, 0.6) is 5.75 Å². The van der Waals surface area contributed by atoms with Crippen molar-refractivity contribution in [1.82, 2.24) is 14.5 Å². The number of hydrogen-bond donors (Lipinski definition) is 3. The van der Waals surface area contributed by atoms with Crippen LogP contribution in [-0.2, 0) is 6.54 Å². The van der Waals surface area contributed by atoms with Gasteiger partial charge < -0.3 is 15.5 Å². The van der Waals surface area contributed by atoms with Gasteiger partial charge in [-0.15, -0.1) is 0 Å². The van der Waals surface area contributed by atoms with E-state index in [9.17, 15) is 10.2 Å². The standard InChI is InChI=1S/C16H15N5O2/c22-11-3-4-12-13(8-11)19-16(21-7-6-18-14(12)21)20-15(23)10-2-1-5-17-9-10/h1-5,8-9,15,18,22-23H,6-7H2. The molecule has 1 aliphatic rings. The second-order valence-corrected chi connectivity index (χ2v) is 5.33. The maximum atomic E-state index is 10.3. The van der Waals surface area contributed by atoms with Crippen molar-refractivity contribution < 1.29 is 10.2 Å². The van der Waals surface area contributed by atoms with E-state index in [1.165, 1.54) is 0 Å². The van der Waals surface area contributed by atoms with Gasteiger partial charge in [0.15, 0.2) is 6.23 Å². The molecular weight excluding hydrogens is 294 g/mol. The van der Waals surface area contributed by atoms with Crippen molar-refractivity contribution in [3.63, 3.8) is 0 Å². The topological polar surface area (TPSA) is 95.6 Å². The first-order chi connectivity index (χ1) is 11.2. The molecule has 4 rings (SSSR count). The summed E-state index contributed by atoms with van der Waals surface area (Å²) in [6.45, 7) is 1.49. The summed E-state index contributed by atoms with van der Waals surface area (Å²) in [5.74, 6) is 1.04. The highest BCUT2D eigenvalue weighted by molar-refractivity contribution is 5.90. The van der Waals surface area contributed by atoms with Crippen molar-refractivity contribution in [1.29, 1.82) is 0 Å². The molecule has 1 atom stereocenters. The van der Waals surface area contributed by atoms with Gasteiger partial charge >= 0.3 is 0 Å². The quantitative estimate of drug-likeness (QED) is 0.660. The van der Waals surface area contributed by atoms with Gasteiger partial charge in [0.1, 0.15) is 11.6 Å². The minimum absolute atomic E-state index is 0.145. The zero-order valence-electron chi connectivity index (χ0n) is 12.2. The molecule has 116 valence electrons. The number of rotatable bonds is 2. The lowest BCUT2D eigenvalue weighted by molar-refractivity contribution is 0.181. The number of aliphatic hydroxyl groups is 1. The summed E-state index contributed by atoms with van der Waals surface area (Å²) in [6.07, 6.45) is 2.18. The third-order valence-corrected chi connectivity index (χ3v) is 3.82. The van der Waals surface area contributed by atoms with Crippen molar-refractivity contribution in [2.75, 3.05) is 11.9 Å². The summed E-state index contributed by atoms with van der Waals surface area (Å²) in [4.78, 5) is 12.8. The summed E-state index contributed by atoms with van der Waals surface area (Å²) in [5.41, 5.74) is 1.65. The predicted octanol–water partition coefficient (Wildman–Crippen LogP) is 1.15. The molecular formula is C16H15N5O2. The average Bonchev–Trinajstić information content (AvgIpc) is 3.05. The zero-order chi connectivity index (χ0) is 15.8. The van der Waals surface area contributed by atoms with Gasteiger partial charge in [0.2, 0.25) is 5.62 Å². The molecule has 1 aromatic carbocycles. The highest BCUT2D eigenvalue weighted by Gasteiger charge is 2.16. The van der Waals surface area contributed by atoms with Gasteiger partial charge in [-0.05, 0) is 18.2 Å². The fourth-order valence-corrected chi connectivity index (χ4v) is 2.73. The number of nitrogens with one attached hydrogen (secondary N) is 1. The summed E-state index contributed by atoms with van der Waals surface area (Å²) in [5, 5.41) is 24.2. The molecule has 7 heteroatoms. The van der Waals surface area contributed by atoms with E-state index < -0.39 is 6.23 Å². The number of phenolic OH excluding ortho intramolecular Hbond substituents is 1. The third kappa shape index (κ3) is 2.40. The normalized spacial score (nSPS) is 15.4. The highest BCUT2D eigenvalue weighted by Crippen LogP contribution is 2.26. The number of anilines is 1. The van der Waals surface area contributed by atoms with E-state index in [0.29, 0.717) is 16.7 Å². The van der Waals surface area contributed by atoms with Crippen LogP contribution < -0.4 is 10.9 Å². The van der Waals surface area contributed by atoms with E-state index in [2.05, 4.69) is 20.3 Å². The molecule has 0 spiro atoms. The lowest BCUT2D eigenvalue weighted by Crippen LogP contribution is -2.24. The summed E-state index contributed by atoms with van der Waals surface area (Å²) in [6, 6.07) is 8.55. The van der Waals surface area contributed by atoms with Crippen LogP contribution in [0, 0.1) is 0 Å². The molecule has 0 saturated heterocycles. The van der Waals surface area contributed by atoms with Crippen molar-refractivity contribution in [2.45, 2.75) is 12.8 Å². The average molecular weight is 309 g/mol. The molecule has 23 heavy (non-hydrogen) atoms. The zero-order valence-corrected chi connectivity index (χ0v) is 12.2. The molecule has 0 radical (unpaired) electrons. The Morgan fingerprint density at radius 2 is 2.22 bits per heavy atom. The molecule has 3 N–H and O–H groups in total. The molecule has 2 aromatic heterocycles. The van der Waals surface area contributed by atoms with Gasteiger partial charge in [-0.1, -0.05) is 6.07 Å². The fraction of sp³-hybridized carbons (Fsp3) is 0.188. The maximum Gasteiger partial charge on any atom is 0.229 e. The Kier molecular flexibility index (Phi) is 3.20. The molecule has 0 saturated carbocycles. The van der Waals surface area contributed by atoms with Crippen LogP contribution in [0.3, 0.4) is 0 Å². The first kappa shape index (κ1) is 13.7. The second-order valence-electron chi connectivity index (χ2n) is 5.33.